The SMILES string of the molecule is c1ccc(-n2nc3c(-c4cccc(-c5ccccn5)n4)ccc(-c4cccc(-c5ccccn5)n4)c3n2)cc1. The van der Waals surface area contributed by atoms with Gasteiger partial charge in [-0.1, -0.05) is 42.5 Å². The van der Waals surface area contributed by atoms with Crippen LogP contribution in [0.3, 0.4) is 0 Å². The third kappa shape index (κ3) is 4.32. The summed E-state index contributed by atoms with van der Waals surface area (Å²) in [7, 11) is 0. The van der Waals surface area contributed by atoms with E-state index >= 15 is 0 Å². The Morgan fingerprint density at radius 2 is 0.846 bits per heavy atom. The van der Waals surface area contributed by atoms with E-state index in [0.29, 0.717) is 0 Å². The fourth-order valence-corrected chi connectivity index (χ4v) is 4.57. The Balaban J connectivity index is 1.42. The largest absolute Gasteiger partial charge is 0.255 e. The first kappa shape index (κ1) is 22.6. The van der Waals surface area contributed by atoms with Gasteiger partial charge in [-0.05, 0) is 72.8 Å². The van der Waals surface area contributed by atoms with Gasteiger partial charge in [-0.2, -0.15) is 4.80 Å². The molecule has 0 aliphatic carbocycles. The van der Waals surface area contributed by atoms with Crippen molar-refractivity contribution in [3.05, 3.63) is 128 Å². The molecule has 7 aromatic rings. The standard InChI is InChI=1S/C32H21N7/c1-2-10-22(11-3-1)39-37-31-23(25-14-8-16-29(35-25)27-12-4-6-20-33-27)18-19-24(32(31)38-39)26-15-9-17-30(36-26)28-13-5-7-21-34-28/h1-21H. The molecule has 184 valence electrons. The van der Waals surface area contributed by atoms with Crippen molar-refractivity contribution in [3.8, 4) is 51.0 Å². The van der Waals surface area contributed by atoms with Gasteiger partial charge in [-0.3, -0.25) is 9.97 Å². The third-order valence-electron chi connectivity index (χ3n) is 6.43. The summed E-state index contributed by atoms with van der Waals surface area (Å²) >= 11 is 0. The molecule has 0 unspecified atom stereocenters. The van der Waals surface area contributed by atoms with E-state index in [1.54, 1.807) is 17.2 Å². The van der Waals surface area contributed by atoms with Crippen LogP contribution in [0.5, 0.6) is 0 Å². The van der Waals surface area contributed by atoms with Gasteiger partial charge in [0.1, 0.15) is 11.0 Å². The Labute approximate surface area is 224 Å². The molecule has 0 N–H and O–H groups in total. The minimum atomic E-state index is 0.743. The number of fused-ring (bicyclic) bond motifs is 1. The predicted octanol–water partition coefficient (Wildman–Crippen LogP) is 6.67. The molecule has 0 amide bonds. The minimum absolute atomic E-state index is 0.743. The number of hydrogen-bond acceptors (Lipinski definition) is 6. The first-order valence-corrected chi connectivity index (χ1v) is 12.6. The van der Waals surface area contributed by atoms with Crippen molar-refractivity contribution in [2.45, 2.75) is 0 Å². The summed E-state index contributed by atoms with van der Waals surface area (Å²) in [6, 6.07) is 37.5. The second kappa shape index (κ2) is 9.72. The van der Waals surface area contributed by atoms with Gasteiger partial charge in [0.05, 0.1) is 39.9 Å². The van der Waals surface area contributed by atoms with Gasteiger partial charge in [0.15, 0.2) is 0 Å². The molecule has 7 heteroatoms. The van der Waals surface area contributed by atoms with Gasteiger partial charge in [-0.15, -0.1) is 10.2 Å². The Kier molecular flexibility index (Phi) is 5.64. The average Bonchev–Trinajstić information content (AvgIpc) is 3.48. The minimum Gasteiger partial charge on any atom is -0.255 e. The van der Waals surface area contributed by atoms with Crippen molar-refractivity contribution in [3.63, 3.8) is 0 Å². The second-order valence-corrected chi connectivity index (χ2v) is 8.93. The summed E-state index contributed by atoms with van der Waals surface area (Å²) in [6.07, 6.45) is 3.54. The molecular weight excluding hydrogens is 482 g/mol. The number of nitrogens with zero attached hydrogens (tertiary/aromatic N) is 7. The Morgan fingerprint density at radius 3 is 1.33 bits per heavy atom. The molecule has 7 nitrogen and oxygen atoms in total. The van der Waals surface area contributed by atoms with Crippen LogP contribution >= 0.6 is 0 Å². The average molecular weight is 504 g/mol. The lowest BCUT2D eigenvalue weighted by molar-refractivity contribution is 0.766. The lowest BCUT2D eigenvalue weighted by Gasteiger charge is -2.08. The van der Waals surface area contributed by atoms with Crippen LogP contribution in [0.15, 0.2) is 128 Å². The van der Waals surface area contributed by atoms with Crippen LogP contribution in [0.2, 0.25) is 0 Å². The molecule has 2 aromatic carbocycles. The molecule has 0 aliphatic heterocycles. The van der Waals surface area contributed by atoms with Gasteiger partial charge in [0.2, 0.25) is 0 Å². The van der Waals surface area contributed by atoms with Gasteiger partial charge >= 0.3 is 0 Å². The topological polar surface area (TPSA) is 82.3 Å². The second-order valence-electron chi connectivity index (χ2n) is 8.93. The van der Waals surface area contributed by atoms with Crippen molar-refractivity contribution in [1.29, 1.82) is 0 Å². The number of rotatable bonds is 5. The highest BCUT2D eigenvalue weighted by Crippen LogP contribution is 2.34. The molecule has 0 saturated carbocycles. The van der Waals surface area contributed by atoms with Crippen LogP contribution in [0.25, 0.3) is 62.0 Å². The van der Waals surface area contributed by atoms with Crippen molar-refractivity contribution in [2.75, 3.05) is 0 Å². The zero-order valence-corrected chi connectivity index (χ0v) is 20.8. The van der Waals surface area contributed by atoms with Gasteiger partial charge < -0.3 is 0 Å². The fraction of sp³-hybridized carbons (Fsp3) is 0. The van der Waals surface area contributed by atoms with Crippen molar-refractivity contribution in [1.82, 2.24) is 34.9 Å². The van der Waals surface area contributed by atoms with Crippen LogP contribution in [-0.2, 0) is 0 Å². The molecule has 7 rings (SSSR count). The monoisotopic (exact) mass is 503 g/mol. The van der Waals surface area contributed by atoms with E-state index in [1.165, 1.54) is 0 Å². The lowest BCUT2D eigenvalue weighted by atomic mass is 10.0. The normalized spacial score (nSPS) is 11.1. The maximum atomic E-state index is 4.94. The lowest BCUT2D eigenvalue weighted by Crippen LogP contribution is -1.97. The Bertz CT molecular complexity index is 1780. The zero-order valence-electron chi connectivity index (χ0n) is 20.8. The summed E-state index contributed by atoms with van der Waals surface area (Å²) < 4.78 is 0. The molecule has 0 fully saturated rings. The third-order valence-corrected chi connectivity index (χ3v) is 6.43. The summed E-state index contributed by atoms with van der Waals surface area (Å²) in [5.74, 6) is 0. The molecule has 39 heavy (non-hydrogen) atoms. The number of pyridine rings is 4. The predicted molar refractivity (Wildman–Crippen MR) is 152 cm³/mol. The number of hydrogen-bond donors (Lipinski definition) is 0. The fourth-order valence-electron chi connectivity index (χ4n) is 4.57. The molecule has 0 saturated heterocycles. The molecule has 0 aliphatic rings. The first-order chi connectivity index (χ1) is 19.3. The quantitative estimate of drug-likeness (QED) is 0.261. The highest BCUT2D eigenvalue weighted by atomic mass is 15.5. The van der Waals surface area contributed by atoms with Crippen LogP contribution in [0, 0.1) is 0 Å². The number of aromatic nitrogens is 7. The van der Waals surface area contributed by atoms with Crippen LogP contribution < -0.4 is 0 Å². The highest BCUT2D eigenvalue weighted by molar-refractivity contribution is 5.99. The van der Waals surface area contributed by atoms with Gasteiger partial charge in [0, 0.05) is 23.5 Å². The van der Waals surface area contributed by atoms with Gasteiger partial charge in [-0.25, -0.2) is 9.97 Å². The summed E-state index contributed by atoms with van der Waals surface area (Å²) in [6.45, 7) is 0. The summed E-state index contributed by atoms with van der Waals surface area (Å²) in [5.41, 5.74) is 8.94. The van der Waals surface area contributed by atoms with Gasteiger partial charge in [0.25, 0.3) is 0 Å². The van der Waals surface area contributed by atoms with Crippen LogP contribution in [0.4, 0.5) is 0 Å². The van der Waals surface area contributed by atoms with Crippen LogP contribution in [-0.4, -0.2) is 34.9 Å². The van der Waals surface area contributed by atoms with E-state index in [4.69, 9.17) is 20.2 Å². The molecule has 5 aromatic heterocycles. The van der Waals surface area contributed by atoms with Crippen LogP contribution in [0.1, 0.15) is 0 Å². The Morgan fingerprint density at radius 1 is 0.385 bits per heavy atom. The van der Waals surface area contributed by atoms with E-state index in [2.05, 4.69) is 9.97 Å². The first-order valence-electron chi connectivity index (χ1n) is 12.6. The van der Waals surface area contributed by atoms with Crippen molar-refractivity contribution >= 4 is 11.0 Å². The molecule has 0 radical (unpaired) electrons. The van der Waals surface area contributed by atoms with Crippen molar-refractivity contribution in [2.24, 2.45) is 0 Å². The molecule has 0 atom stereocenters. The maximum absolute atomic E-state index is 4.94. The Hall–Kier alpha value is -5.56. The maximum Gasteiger partial charge on any atom is 0.123 e. The number of para-hydroxylation sites is 1. The molecule has 0 bridgehead atoms. The smallest absolute Gasteiger partial charge is 0.123 e. The summed E-state index contributed by atoms with van der Waals surface area (Å²) in [5, 5.41) is 9.88. The van der Waals surface area contributed by atoms with E-state index in [0.717, 1.165) is 62.0 Å². The summed E-state index contributed by atoms with van der Waals surface area (Å²) in [4.78, 5) is 20.5. The van der Waals surface area contributed by atoms with E-state index in [1.807, 2.05) is 115 Å². The van der Waals surface area contributed by atoms with Crippen molar-refractivity contribution < 1.29 is 0 Å². The van der Waals surface area contributed by atoms with E-state index in [9.17, 15) is 0 Å². The molecule has 5 heterocycles. The van der Waals surface area contributed by atoms with E-state index in [-0.39, 0.29) is 0 Å². The zero-order chi connectivity index (χ0) is 26.0. The van der Waals surface area contributed by atoms with E-state index < -0.39 is 0 Å². The highest BCUT2D eigenvalue weighted by Gasteiger charge is 2.18. The molecular formula is C32H21N7. The molecule has 0 spiro atoms. The number of benzene rings is 2.